The van der Waals surface area contributed by atoms with Crippen LogP contribution in [0.25, 0.3) is 0 Å². The van der Waals surface area contributed by atoms with E-state index in [2.05, 4.69) is 50.3 Å². The molecule has 2 atom stereocenters. The Hall–Kier alpha value is -2.49. The van der Waals surface area contributed by atoms with Crippen LogP contribution in [-0.2, 0) is 33.3 Å². The minimum Gasteiger partial charge on any atom is -0.477 e. The summed E-state index contributed by atoms with van der Waals surface area (Å²) in [5.74, 6) is -2.00. The van der Waals surface area contributed by atoms with Crippen molar-refractivity contribution in [1.82, 2.24) is 0 Å². The maximum Gasteiger partial charge on any atom is 0.361 e. The van der Waals surface area contributed by atoms with Gasteiger partial charge in [-0.2, -0.15) is 0 Å². The number of hydrogen-bond acceptors (Lipinski definition) is 7. The molecule has 422 valence electrons. The number of carbonyl (C=O) groups excluding carboxylic acids is 2. The van der Waals surface area contributed by atoms with Gasteiger partial charge in [0.15, 0.2) is 6.10 Å². The lowest BCUT2D eigenvalue weighted by Crippen LogP contribution is -2.40. The Kier molecular flexibility index (Phi) is 52.9. The molecule has 1 N–H and O–H groups in total. The van der Waals surface area contributed by atoms with Crippen LogP contribution in [-0.4, -0.2) is 87.4 Å². The Bertz CT molecular complexity index is 1270. The Morgan fingerprint density at radius 3 is 1.14 bits per heavy atom. The highest BCUT2D eigenvalue weighted by atomic mass is 16.7. The maximum atomic E-state index is 12.9. The fraction of sp³-hybridized carbons (Fsp3) is 0.857. The Morgan fingerprint density at radius 2 is 0.750 bits per heavy atom. The molecule has 0 aromatic carbocycles. The van der Waals surface area contributed by atoms with Crippen molar-refractivity contribution < 1.29 is 42.9 Å². The van der Waals surface area contributed by atoms with E-state index in [4.69, 9.17) is 18.9 Å². The lowest BCUT2D eigenvalue weighted by molar-refractivity contribution is -0.870. The summed E-state index contributed by atoms with van der Waals surface area (Å²) >= 11 is 0. The Labute approximate surface area is 445 Å². The third kappa shape index (κ3) is 55.3. The second-order valence-corrected chi connectivity index (χ2v) is 22.0. The standard InChI is InChI=1S/C63H117NO8/c1-6-8-10-12-14-16-18-20-21-22-23-24-25-26-27-28-29-30-31-32-33-34-35-36-37-38-39-40-41-42-44-46-48-50-52-54-61(66)72-59(58-71-63(62(67)68)69-56-55-64(3,4)5)57-70-60(65)53-51-49-47-45-43-19-17-15-13-11-9-7-2/h15,17-18,20,22-23,59,63H,6-14,16,19,21,24-58H2,1-5H3/p+1/b17-15-,20-18-,23-22-. The summed E-state index contributed by atoms with van der Waals surface area (Å²) in [6.45, 7) is 4.86. The van der Waals surface area contributed by atoms with Gasteiger partial charge in [0.1, 0.15) is 13.2 Å². The van der Waals surface area contributed by atoms with E-state index in [0.717, 1.165) is 64.2 Å². The molecule has 0 aliphatic rings. The maximum absolute atomic E-state index is 12.9. The molecule has 0 radical (unpaired) electrons. The molecule has 9 heteroatoms. The van der Waals surface area contributed by atoms with Crippen LogP contribution in [0, 0.1) is 0 Å². The molecule has 0 aliphatic heterocycles. The second-order valence-electron chi connectivity index (χ2n) is 22.0. The van der Waals surface area contributed by atoms with E-state index in [-0.39, 0.29) is 32.2 Å². The first-order chi connectivity index (χ1) is 35.1. The first-order valence-corrected chi connectivity index (χ1v) is 30.7. The number of quaternary nitrogens is 1. The number of unbranched alkanes of at least 4 members (excludes halogenated alkanes) is 36. The Balaban J connectivity index is 3.98. The zero-order chi connectivity index (χ0) is 52.7. The molecule has 0 rings (SSSR count). The number of aliphatic carboxylic acids is 1. The van der Waals surface area contributed by atoms with E-state index in [0.29, 0.717) is 17.4 Å². The Morgan fingerprint density at radius 1 is 0.417 bits per heavy atom. The molecular weight excluding hydrogens is 899 g/mol. The summed E-state index contributed by atoms with van der Waals surface area (Å²) in [7, 11) is 5.97. The first-order valence-electron chi connectivity index (χ1n) is 30.7. The minimum atomic E-state index is -1.51. The number of esters is 2. The number of hydrogen-bond donors (Lipinski definition) is 1. The van der Waals surface area contributed by atoms with Gasteiger partial charge in [-0.05, 0) is 70.6 Å². The van der Waals surface area contributed by atoms with Crippen LogP contribution >= 0.6 is 0 Å². The third-order valence-corrected chi connectivity index (χ3v) is 13.6. The number of likely N-dealkylation sites (N-methyl/N-ethyl adjacent to an activating group) is 1. The molecule has 2 unspecified atom stereocenters. The average molecular weight is 1020 g/mol. The fourth-order valence-electron chi connectivity index (χ4n) is 8.86. The molecule has 9 nitrogen and oxygen atoms in total. The highest BCUT2D eigenvalue weighted by Crippen LogP contribution is 2.17. The van der Waals surface area contributed by atoms with Crippen molar-refractivity contribution in [3.05, 3.63) is 36.5 Å². The van der Waals surface area contributed by atoms with Crippen LogP contribution in [0.2, 0.25) is 0 Å². The number of allylic oxidation sites excluding steroid dienone is 6. The zero-order valence-corrected chi connectivity index (χ0v) is 48.1. The molecule has 0 amide bonds. The van der Waals surface area contributed by atoms with Crippen LogP contribution in [0.15, 0.2) is 36.5 Å². The summed E-state index contributed by atoms with van der Waals surface area (Å²) in [4.78, 5) is 37.3. The first kappa shape index (κ1) is 69.5. The average Bonchev–Trinajstić information content (AvgIpc) is 3.35. The van der Waals surface area contributed by atoms with E-state index in [1.165, 1.54) is 199 Å². The van der Waals surface area contributed by atoms with Crippen molar-refractivity contribution in [2.75, 3.05) is 47.5 Å². The quantitative estimate of drug-likeness (QED) is 0.0211. The molecule has 72 heavy (non-hydrogen) atoms. The lowest BCUT2D eigenvalue weighted by atomic mass is 10.0. The summed E-state index contributed by atoms with van der Waals surface area (Å²) in [5, 5.41) is 9.68. The number of ether oxygens (including phenoxy) is 4. The van der Waals surface area contributed by atoms with E-state index < -0.39 is 24.3 Å². The zero-order valence-electron chi connectivity index (χ0n) is 48.1. The number of carboxylic acids is 1. The smallest absolute Gasteiger partial charge is 0.361 e. The van der Waals surface area contributed by atoms with Gasteiger partial charge in [-0.15, -0.1) is 0 Å². The number of carbonyl (C=O) groups is 3. The van der Waals surface area contributed by atoms with Crippen molar-refractivity contribution in [3.8, 4) is 0 Å². The predicted molar refractivity (Wildman–Crippen MR) is 304 cm³/mol. The molecule has 0 saturated heterocycles. The summed E-state index contributed by atoms with van der Waals surface area (Å²) < 4.78 is 22.8. The van der Waals surface area contributed by atoms with Gasteiger partial charge in [-0.3, -0.25) is 9.59 Å². The van der Waals surface area contributed by atoms with E-state index >= 15 is 0 Å². The van der Waals surface area contributed by atoms with Crippen molar-refractivity contribution in [1.29, 1.82) is 0 Å². The van der Waals surface area contributed by atoms with E-state index in [9.17, 15) is 19.5 Å². The van der Waals surface area contributed by atoms with Crippen LogP contribution < -0.4 is 0 Å². The van der Waals surface area contributed by atoms with Crippen molar-refractivity contribution >= 4 is 17.9 Å². The number of carboxylic acid groups (broad SMARTS) is 1. The van der Waals surface area contributed by atoms with Crippen molar-refractivity contribution in [2.24, 2.45) is 0 Å². The topological polar surface area (TPSA) is 108 Å². The van der Waals surface area contributed by atoms with Gasteiger partial charge in [-0.1, -0.05) is 243 Å². The van der Waals surface area contributed by atoms with Gasteiger partial charge in [-0.25, -0.2) is 4.79 Å². The van der Waals surface area contributed by atoms with Gasteiger partial charge in [0.25, 0.3) is 6.29 Å². The van der Waals surface area contributed by atoms with Crippen LogP contribution in [0.4, 0.5) is 0 Å². The molecular formula is C63H118NO8+. The molecule has 0 aromatic rings. The van der Waals surface area contributed by atoms with Gasteiger partial charge >= 0.3 is 17.9 Å². The summed E-state index contributed by atoms with van der Waals surface area (Å²) in [6, 6.07) is 0. The third-order valence-electron chi connectivity index (χ3n) is 13.6. The second kappa shape index (κ2) is 54.8. The fourth-order valence-corrected chi connectivity index (χ4v) is 8.86. The van der Waals surface area contributed by atoms with Gasteiger partial charge < -0.3 is 28.5 Å². The van der Waals surface area contributed by atoms with E-state index in [1.54, 1.807) is 0 Å². The number of nitrogens with zero attached hydrogens (tertiary/aromatic N) is 1. The van der Waals surface area contributed by atoms with Gasteiger partial charge in [0, 0.05) is 12.8 Å². The lowest BCUT2D eigenvalue weighted by Gasteiger charge is -2.25. The van der Waals surface area contributed by atoms with Crippen LogP contribution in [0.3, 0.4) is 0 Å². The summed E-state index contributed by atoms with van der Waals surface area (Å²) in [6.07, 6.45) is 64.0. The molecule has 0 aliphatic carbocycles. The molecule has 0 fully saturated rings. The molecule has 0 saturated carbocycles. The van der Waals surface area contributed by atoms with Gasteiger partial charge in [0.2, 0.25) is 0 Å². The molecule has 0 aromatic heterocycles. The summed E-state index contributed by atoms with van der Waals surface area (Å²) in [5.41, 5.74) is 0. The highest BCUT2D eigenvalue weighted by Gasteiger charge is 2.25. The molecule has 0 bridgehead atoms. The van der Waals surface area contributed by atoms with Crippen molar-refractivity contribution in [2.45, 2.75) is 302 Å². The highest BCUT2D eigenvalue weighted by molar-refractivity contribution is 5.71. The van der Waals surface area contributed by atoms with E-state index in [1.807, 2.05) is 21.1 Å². The largest absolute Gasteiger partial charge is 0.477 e. The van der Waals surface area contributed by atoms with Crippen molar-refractivity contribution in [3.63, 3.8) is 0 Å². The van der Waals surface area contributed by atoms with Crippen LogP contribution in [0.5, 0.6) is 0 Å². The normalized spacial score (nSPS) is 13.0. The number of rotatable bonds is 57. The predicted octanol–water partition coefficient (Wildman–Crippen LogP) is 18.1. The van der Waals surface area contributed by atoms with Crippen LogP contribution in [0.1, 0.15) is 290 Å². The molecule has 0 heterocycles. The molecule has 0 spiro atoms. The van der Waals surface area contributed by atoms with Gasteiger partial charge in [0.05, 0.1) is 34.4 Å². The minimum absolute atomic E-state index is 0.182. The monoisotopic (exact) mass is 1020 g/mol. The SMILES string of the molecule is CCCCC/C=C\CCCCCCCC(=O)OCC(COC(OCC[N+](C)(C)C)C(=O)O)OC(=O)CCCCCCCCCCCCCCCCCCCCCCCCC/C=C\C/C=C\CCCCCCC.